The fraction of sp³-hybridized carbons (Fsp3) is 0.500. The van der Waals surface area contributed by atoms with Gasteiger partial charge in [-0.3, -0.25) is 0 Å². The molecule has 0 atom stereocenters. The van der Waals surface area contributed by atoms with Crippen molar-refractivity contribution in [3.05, 3.63) is 35.4 Å². The molecule has 0 unspecified atom stereocenters. The van der Waals surface area contributed by atoms with Gasteiger partial charge in [0.25, 0.3) is 0 Å². The maximum absolute atomic E-state index is 5.81. The highest BCUT2D eigenvalue weighted by Crippen LogP contribution is 2.27. The van der Waals surface area contributed by atoms with Crippen molar-refractivity contribution in [1.29, 1.82) is 0 Å². The Bertz CT molecular complexity index is 615. The van der Waals surface area contributed by atoms with Crippen LogP contribution in [-0.2, 0) is 12.8 Å². The van der Waals surface area contributed by atoms with Crippen LogP contribution in [0, 0.1) is 0 Å². The van der Waals surface area contributed by atoms with Crippen LogP contribution in [0.1, 0.15) is 37.3 Å². The fourth-order valence-electron chi connectivity index (χ4n) is 3.20. The van der Waals surface area contributed by atoms with E-state index in [0.717, 1.165) is 37.3 Å². The average Bonchev–Trinajstić information content (AvgIpc) is 2.55. The summed E-state index contributed by atoms with van der Waals surface area (Å²) in [7, 11) is 0. The zero-order chi connectivity index (χ0) is 14.7. The first-order valence-corrected chi connectivity index (χ1v) is 8.19. The van der Waals surface area contributed by atoms with Crippen molar-refractivity contribution in [3.8, 4) is 0 Å². The first kappa shape index (κ1) is 14.3. The number of pyridine rings is 1. The zero-order valence-corrected chi connectivity index (χ0v) is 12.9. The van der Waals surface area contributed by atoms with Crippen molar-refractivity contribution in [2.75, 3.05) is 24.5 Å². The summed E-state index contributed by atoms with van der Waals surface area (Å²) in [5.74, 6) is 1.16. The summed E-state index contributed by atoms with van der Waals surface area (Å²) in [4.78, 5) is 7.41. The molecule has 3 heteroatoms. The van der Waals surface area contributed by atoms with Crippen molar-refractivity contribution in [2.45, 2.75) is 39.0 Å². The van der Waals surface area contributed by atoms with E-state index in [4.69, 9.17) is 10.7 Å². The Morgan fingerprint density at radius 2 is 1.95 bits per heavy atom. The van der Waals surface area contributed by atoms with Gasteiger partial charge in [0.15, 0.2) is 0 Å². The molecule has 1 aliphatic rings. The normalized spacial score (nSPS) is 15.6. The highest BCUT2D eigenvalue weighted by Gasteiger charge is 2.16. The lowest BCUT2D eigenvalue weighted by atomic mass is 10.0. The molecule has 0 saturated carbocycles. The lowest BCUT2D eigenvalue weighted by molar-refractivity contribution is 0.572. The van der Waals surface area contributed by atoms with E-state index in [1.165, 1.54) is 35.8 Å². The summed E-state index contributed by atoms with van der Waals surface area (Å²) >= 11 is 0. The standard InChI is InChI=1S/C18H25N3/c1-2-14-6-7-17-16(12-14)13-15(8-9-19)18(20-17)21-10-4-3-5-11-21/h6-7,12-13H,2-5,8-11,19H2,1H3. The third kappa shape index (κ3) is 3.03. The number of hydrogen-bond acceptors (Lipinski definition) is 3. The minimum absolute atomic E-state index is 0.682. The minimum Gasteiger partial charge on any atom is -0.356 e. The van der Waals surface area contributed by atoms with Gasteiger partial charge in [0.05, 0.1) is 5.52 Å². The Balaban J connectivity index is 2.06. The lowest BCUT2D eigenvalue weighted by Gasteiger charge is -2.29. The summed E-state index contributed by atoms with van der Waals surface area (Å²) in [5, 5.41) is 1.25. The summed E-state index contributed by atoms with van der Waals surface area (Å²) in [5.41, 5.74) is 9.59. The first-order valence-electron chi connectivity index (χ1n) is 8.19. The number of nitrogens with zero attached hydrogens (tertiary/aromatic N) is 2. The van der Waals surface area contributed by atoms with E-state index in [9.17, 15) is 0 Å². The molecule has 1 fully saturated rings. The second-order valence-electron chi connectivity index (χ2n) is 5.94. The van der Waals surface area contributed by atoms with E-state index < -0.39 is 0 Å². The van der Waals surface area contributed by atoms with Crippen LogP contribution in [0.15, 0.2) is 24.3 Å². The number of fused-ring (bicyclic) bond motifs is 1. The van der Waals surface area contributed by atoms with Gasteiger partial charge in [0.1, 0.15) is 5.82 Å². The van der Waals surface area contributed by atoms with E-state index in [1.54, 1.807) is 0 Å². The van der Waals surface area contributed by atoms with Crippen molar-refractivity contribution in [3.63, 3.8) is 0 Å². The van der Waals surface area contributed by atoms with Crippen LogP contribution in [0.3, 0.4) is 0 Å². The summed E-state index contributed by atoms with van der Waals surface area (Å²) in [6, 6.07) is 8.92. The highest BCUT2D eigenvalue weighted by molar-refractivity contribution is 5.82. The maximum Gasteiger partial charge on any atom is 0.132 e. The quantitative estimate of drug-likeness (QED) is 0.936. The molecule has 0 amide bonds. The van der Waals surface area contributed by atoms with Crippen LogP contribution in [0.5, 0.6) is 0 Å². The summed E-state index contributed by atoms with van der Waals surface area (Å²) in [6.45, 7) is 5.13. The summed E-state index contributed by atoms with van der Waals surface area (Å²) < 4.78 is 0. The number of nitrogens with two attached hydrogens (primary N) is 1. The number of piperidine rings is 1. The van der Waals surface area contributed by atoms with Crippen LogP contribution in [0.4, 0.5) is 5.82 Å². The molecule has 0 radical (unpaired) electrons. The molecule has 0 bridgehead atoms. The average molecular weight is 283 g/mol. The zero-order valence-electron chi connectivity index (χ0n) is 12.9. The molecule has 0 spiro atoms. The van der Waals surface area contributed by atoms with E-state index in [-0.39, 0.29) is 0 Å². The first-order chi connectivity index (χ1) is 10.3. The van der Waals surface area contributed by atoms with Gasteiger partial charge in [-0.2, -0.15) is 0 Å². The van der Waals surface area contributed by atoms with Crippen molar-refractivity contribution < 1.29 is 0 Å². The molecule has 3 rings (SSSR count). The Hall–Kier alpha value is -1.61. The Kier molecular flexibility index (Phi) is 4.39. The molecule has 112 valence electrons. The molecule has 2 aromatic rings. The van der Waals surface area contributed by atoms with E-state index in [1.807, 2.05) is 0 Å². The van der Waals surface area contributed by atoms with E-state index >= 15 is 0 Å². The van der Waals surface area contributed by atoms with Gasteiger partial charge in [-0.05, 0) is 68.0 Å². The molecular formula is C18H25N3. The second kappa shape index (κ2) is 6.44. The van der Waals surface area contributed by atoms with Crippen LogP contribution in [-0.4, -0.2) is 24.6 Å². The Morgan fingerprint density at radius 1 is 1.14 bits per heavy atom. The van der Waals surface area contributed by atoms with Gasteiger partial charge >= 0.3 is 0 Å². The van der Waals surface area contributed by atoms with E-state index in [0.29, 0.717) is 6.54 Å². The van der Waals surface area contributed by atoms with Crippen LogP contribution in [0.25, 0.3) is 10.9 Å². The molecular weight excluding hydrogens is 258 g/mol. The summed E-state index contributed by atoms with van der Waals surface area (Å²) in [6.07, 6.45) is 5.87. The van der Waals surface area contributed by atoms with Gasteiger partial charge < -0.3 is 10.6 Å². The predicted molar refractivity (Wildman–Crippen MR) is 89.9 cm³/mol. The molecule has 1 saturated heterocycles. The number of rotatable bonds is 4. The van der Waals surface area contributed by atoms with Gasteiger partial charge in [-0.15, -0.1) is 0 Å². The number of anilines is 1. The van der Waals surface area contributed by atoms with E-state index in [2.05, 4.69) is 36.1 Å². The molecule has 2 heterocycles. The van der Waals surface area contributed by atoms with Gasteiger partial charge in [0, 0.05) is 18.5 Å². The maximum atomic E-state index is 5.81. The number of hydrogen-bond donors (Lipinski definition) is 1. The molecule has 2 N–H and O–H groups in total. The second-order valence-corrected chi connectivity index (χ2v) is 5.94. The fourth-order valence-corrected chi connectivity index (χ4v) is 3.20. The Morgan fingerprint density at radius 3 is 2.67 bits per heavy atom. The van der Waals surface area contributed by atoms with Gasteiger partial charge in [-0.1, -0.05) is 13.0 Å². The molecule has 1 aromatic heterocycles. The number of benzene rings is 1. The topological polar surface area (TPSA) is 42.2 Å². The molecule has 1 aromatic carbocycles. The highest BCUT2D eigenvalue weighted by atomic mass is 15.2. The third-order valence-corrected chi connectivity index (χ3v) is 4.41. The van der Waals surface area contributed by atoms with Crippen LogP contribution in [0.2, 0.25) is 0 Å². The number of aryl methyl sites for hydroxylation is 1. The smallest absolute Gasteiger partial charge is 0.132 e. The monoisotopic (exact) mass is 283 g/mol. The molecule has 0 aliphatic carbocycles. The van der Waals surface area contributed by atoms with Gasteiger partial charge in [-0.25, -0.2) is 4.98 Å². The van der Waals surface area contributed by atoms with Crippen LogP contribution >= 0.6 is 0 Å². The van der Waals surface area contributed by atoms with Crippen molar-refractivity contribution in [2.24, 2.45) is 5.73 Å². The Labute approximate surface area is 127 Å². The molecule has 1 aliphatic heterocycles. The number of aromatic nitrogens is 1. The van der Waals surface area contributed by atoms with Crippen LogP contribution < -0.4 is 10.6 Å². The SMILES string of the molecule is CCc1ccc2nc(N3CCCCC3)c(CCN)cc2c1. The van der Waals surface area contributed by atoms with Crippen molar-refractivity contribution >= 4 is 16.7 Å². The largest absolute Gasteiger partial charge is 0.356 e. The third-order valence-electron chi connectivity index (χ3n) is 4.41. The molecule has 21 heavy (non-hydrogen) atoms. The molecule has 3 nitrogen and oxygen atoms in total. The lowest BCUT2D eigenvalue weighted by Crippen LogP contribution is -2.31. The van der Waals surface area contributed by atoms with Gasteiger partial charge in [0.2, 0.25) is 0 Å². The van der Waals surface area contributed by atoms with Crippen molar-refractivity contribution in [1.82, 2.24) is 4.98 Å². The predicted octanol–water partition coefficient (Wildman–Crippen LogP) is 3.29. The minimum atomic E-state index is 0.682.